The summed E-state index contributed by atoms with van der Waals surface area (Å²) >= 11 is 7.61. The highest BCUT2D eigenvalue weighted by molar-refractivity contribution is 7.17. The monoisotopic (exact) mass is 441 g/mol. The fourth-order valence-electron chi connectivity index (χ4n) is 3.70. The van der Waals surface area contributed by atoms with Crippen molar-refractivity contribution in [2.45, 2.75) is 26.4 Å². The van der Waals surface area contributed by atoms with Gasteiger partial charge in [0.05, 0.1) is 15.9 Å². The van der Waals surface area contributed by atoms with Crippen LogP contribution >= 0.6 is 22.9 Å². The number of hydrogen-bond acceptors (Lipinski definition) is 6. The molecular weight excluding hydrogens is 418 g/mol. The van der Waals surface area contributed by atoms with Crippen LogP contribution in [-0.2, 0) is 11.3 Å². The number of allylic oxidation sites excluding steroid dienone is 1. The fraction of sp³-hybridized carbons (Fsp3) is 0.318. The van der Waals surface area contributed by atoms with Gasteiger partial charge >= 0.3 is 0 Å². The van der Waals surface area contributed by atoms with Crippen molar-refractivity contribution in [1.82, 2.24) is 19.8 Å². The summed E-state index contributed by atoms with van der Waals surface area (Å²) in [5, 5.41) is 0.833. The van der Waals surface area contributed by atoms with E-state index in [1.807, 2.05) is 42.2 Å². The SMILES string of the molecule is C/C(=C/CN1CCN(Cc2ccc3c(N)ncnc3c2)C(=O)C1C)c1ccc(Cl)s1. The Morgan fingerprint density at radius 2 is 2.13 bits per heavy atom. The van der Waals surface area contributed by atoms with Crippen molar-refractivity contribution in [3.63, 3.8) is 0 Å². The number of thiophene rings is 1. The Hall–Kier alpha value is -2.48. The highest BCUT2D eigenvalue weighted by Gasteiger charge is 2.30. The number of aromatic nitrogens is 2. The van der Waals surface area contributed by atoms with Crippen LogP contribution in [0, 0.1) is 0 Å². The number of nitrogens with zero attached hydrogens (tertiary/aromatic N) is 4. The molecule has 3 aromatic rings. The number of fused-ring (bicyclic) bond motifs is 1. The molecule has 6 nitrogen and oxygen atoms in total. The first-order valence-electron chi connectivity index (χ1n) is 9.87. The lowest BCUT2D eigenvalue weighted by Crippen LogP contribution is -2.55. The van der Waals surface area contributed by atoms with Gasteiger partial charge in [-0.05, 0) is 49.2 Å². The van der Waals surface area contributed by atoms with Crippen LogP contribution < -0.4 is 5.73 Å². The number of anilines is 1. The van der Waals surface area contributed by atoms with E-state index < -0.39 is 0 Å². The predicted molar refractivity (Wildman–Crippen MR) is 123 cm³/mol. The van der Waals surface area contributed by atoms with Crippen molar-refractivity contribution in [3.8, 4) is 0 Å². The predicted octanol–water partition coefficient (Wildman–Crippen LogP) is 4.06. The van der Waals surface area contributed by atoms with Crippen molar-refractivity contribution in [2.24, 2.45) is 0 Å². The molecule has 1 aliphatic rings. The van der Waals surface area contributed by atoms with E-state index >= 15 is 0 Å². The number of hydrogen-bond donors (Lipinski definition) is 1. The van der Waals surface area contributed by atoms with Gasteiger partial charge in [-0.2, -0.15) is 0 Å². The Balaban J connectivity index is 1.41. The summed E-state index contributed by atoms with van der Waals surface area (Å²) in [6, 6.07) is 9.69. The van der Waals surface area contributed by atoms with E-state index in [0.29, 0.717) is 18.9 Å². The lowest BCUT2D eigenvalue weighted by atomic mass is 10.1. The van der Waals surface area contributed by atoms with Crippen LogP contribution in [0.2, 0.25) is 4.34 Å². The Bertz CT molecular complexity index is 1110. The van der Waals surface area contributed by atoms with Crippen molar-refractivity contribution in [1.29, 1.82) is 0 Å². The molecule has 1 aliphatic heterocycles. The molecule has 1 fully saturated rings. The third kappa shape index (κ3) is 4.33. The van der Waals surface area contributed by atoms with Gasteiger partial charge in [0.15, 0.2) is 0 Å². The van der Waals surface area contributed by atoms with Gasteiger partial charge in [0.2, 0.25) is 5.91 Å². The minimum atomic E-state index is -0.159. The molecule has 2 aromatic heterocycles. The molecule has 4 rings (SSSR count). The molecule has 0 radical (unpaired) electrons. The van der Waals surface area contributed by atoms with Crippen LogP contribution in [0.15, 0.2) is 42.7 Å². The molecule has 0 aliphatic carbocycles. The summed E-state index contributed by atoms with van der Waals surface area (Å²) in [5.74, 6) is 0.617. The first-order chi connectivity index (χ1) is 14.4. The minimum Gasteiger partial charge on any atom is -0.383 e. The molecule has 1 aromatic carbocycles. The number of nitrogens with two attached hydrogens (primary N) is 1. The van der Waals surface area contributed by atoms with Crippen molar-refractivity contribution >= 4 is 51.1 Å². The number of halogens is 1. The standard InChI is InChI=1S/C22H24ClN5OS/c1-14(19-5-6-20(23)30-19)7-8-27-9-10-28(22(29)15(27)2)12-16-3-4-17-18(11-16)25-13-26-21(17)24/h3-7,11,13,15H,8-10,12H2,1-2H3,(H2,24,25,26)/b14-7-. The summed E-state index contributed by atoms with van der Waals surface area (Å²) in [5.41, 5.74) is 8.93. The Morgan fingerprint density at radius 3 is 2.90 bits per heavy atom. The zero-order valence-corrected chi connectivity index (χ0v) is 18.6. The van der Waals surface area contributed by atoms with Crippen LogP contribution in [0.4, 0.5) is 5.82 Å². The number of carbonyl (C=O) groups excluding carboxylic acids is 1. The van der Waals surface area contributed by atoms with Crippen molar-refractivity contribution in [2.75, 3.05) is 25.4 Å². The number of carbonyl (C=O) groups is 1. The molecule has 3 heterocycles. The van der Waals surface area contributed by atoms with Crippen LogP contribution in [0.1, 0.15) is 24.3 Å². The molecule has 1 atom stereocenters. The topological polar surface area (TPSA) is 75.3 Å². The summed E-state index contributed by atoms with van der Waals surface area (Å²) in [7, 11) is 0. The van der Waals surface area contributed by atoms with E-state index in [2.05, 4.69) is 27.9 Å². The van der Waals surface area contributed by atoms with Gasteiger partial charge < -0.3 is 10.6 Å². The van der Waals surface area contributed by atoms with Gasteiger partial charge in [-0.15, -0.1) is 11.3 Å². The van der Waals surface area contributed by atoms with E-state index in [4.69, 9.17) is 17.3 Å². The normalized spacial score (nSPS) is 18.4. The molecule has 0 spiro atoms. The van der Waals surface area contributed by atoms with Crippen molar-refractivity contribution < 1.29 is 4.79 Å². The second-order valence-corrected chi connectivity index (χ2v) is 9.25. The molecule has 156 valence electrons. The maximum absolute atomic E-state index is 13.0. The maximum atomic E-state index is 13.0. The molecule has 0 saturated carbocycles. The first kappa shape index (κ1) is 20.8. The van der Waals surface area contributed by atoms with Gasteiger partial charge in [0.25, 0.3) is 0 Å². The largest absolute Gasteiger partial charge is 0.383 e. The van der Waals surface area contributed by atoms with E-state index in [-0.39, 0.29) is 11.9 Å². The Morgan fingerprint density at radius 1 is 1.30 bits per heavy atom. The van der Waals surface area contributed by atoms with Crippen molar-refractivity contribution in [3.05, 3.63) is 57.5 Å². The second kappa shape index (κ2) is 8.71. The van der Waals surface area contributed by atoms with Gasteiger partial charge in [-0.25, -0.2) is 9.97 Å². The average molecular weight is 442 g/mol. The summed E-state index contributed by atoms with van der Waals surface area (Å²) in [4.78, 5) is 26.6. The lowest BCUT2D eigenvalue weighted by molar-refractivity contribution is -0.141. The molecular formula is C22H24ClN5OS. The summed E-state index contributed by atoms with van der Waals surface area (Å²) in [6.45, 7) is 6.91. The number of nitrogen functional groups attached to an aromatic ring is 1. The number of benzene rings is 1. The average Bonchev–Trinajstić information content (AvgIpc) is 3.17. The molecule has 8 heteroatoms. The van der Waals surface area contributed by atoms with E-state index in [0.717, 1.165) is 33.9 Å². The molecule has 30 heavy (non-hydrogen) atoms. The summed E-state index contributed by atoms with van der Waals surface area (Å²) < 4.78 is 0.790. The van der Waals surface area contributed by atoms with Gasteiger partial charge in [0, 0.05) is 36.4 Å². The zero-order valence-electron chi connectivity index (χ0n) is 17.0. The number of amides is 1. The van der Waals surface area contributed by atoms with Gasteiger partial charge in [-0.3, -0.25) is 9.69 Å². The van der Waals surface area contributed by atoms with Gasteiger partial charge in [-0.1, -0.05) is 23.7 Å². The van der Waals surface area contributed by atoms with Crippen LogP contribution in [0.25, 0.3) is 16.5 Å². The molecule has 1 unspecified atom stereocenters. The Labute approximate surface area is 185 Å². The third-order valence-electron chi connectivity index (χ3n) is 5.57. The van der Waals surface area contributed by atoms with E-state index in [1.54, 1.807) is 11.3 Å². The minimum absolute atomic E-state index is 0.147. The van der Waals surface area contributed by atoms with E-state index in [1.165, 1.54) is 16.8 Å². The number of rotatable bonds is 5. The van der Waals surface area contributed by atoms with Gasteiger partial charge in [0.1, 0.15) is 12.1 Å². The van der Waals surface area contributed by atoms with Crippen LogP contribution in [-0.4, -0.2) is 51.4 Å². The van der Waals surface area contributed by atoms with Crippen LogP contribution in [0.5, 0.6) is 0 Å². The number of piperazine rings is 1. The quantitative estimate of drug-likeness (QED) is 0.646. The Kier molecular flexibility index (Phi) is 6.04. The second-order valence-electron chi connectivity index (χ2n) is 7.53. The maximum Gasteiger partial charge on any atom is 0.239 e. The molecule has 1 saturated heterocycles. The highest BCUT2D eigenvalue weighted by Crippen LogP contribution is 2.27. The lowest BCUT2D eigenvalue weighted by Gasteiger charge is -2.38. The molecule has 2 N–H and O–H groups in total. The van der Waals surface area contributed by atoms with Crippen LogP contribution in [0.3, 0.4) is 0 Å². The molecule has 1 amide bonds. The molecule has 0 bridgehead atoms. The fourth-order valence-corrected chi connectivity index (χ4v) is 4.74. The van der Waals surface area contributed by atoms with E-state index in [9.17, 15) is 4.79 Å². The zero-order chi connectivity index (χ0) is 21.3. The summed E-state index contributed by atoms with van der Waals surface area (Å²) in [6.07, 6.45) is 3.64. The first-order valence-corrected chi connectivity index (χ1v) is 11.1. The smallest absolute Gasteiger partial charge is 0.239 e. The third-order valence-corrected chi connectivity index (χ3v) is 6.94. The highest BCUT2D eigenvalue weighted by atomic mass is 35.5.